The topological polar surface area (TPSA) is 29.5 Å². The Bertz CT molecular complexity index is 336. The van der Waals surface area contributed by atoms with Gasteiger partial charge in [0, 0.05) is 0 Å². The minimum Gasteiger partial charge on any atom is -0.487 e. The SMILES string of the molecule is CC(CO)OC1=CC=C=C(Cl)C=C1Cl. The van der Waals surface area contributed by atoms with Gasteiger partial charge in [0.25, 0.3) is 0 Å². The number of allylic oxidation sites excluding steroid dienone is 4. The van der Waals surface area contributed by atoms with Crippen molar-refractivity contribution < 1.29 is 9.84 Å². The highest BCUT2D eigenvalue weighted by molar-refractivity contribution is 6.35. The van der Waals surface area contributed by atoms with Crippen LogP contribution in [0.25, 0.3) is 0 Å². The summed E-state index contributed by atoms with van der Waals surface area (Å²) in [4.78, 5) is 0. The Morgan fingerprint density at radius 3 is 2.93 bits per heavy atom. The molecule has 14 heavy (non-hydrogen) atoms. The molecule has 0 heterocycles. The smallest absolute Gasteiger partial charge is 0.139 e. The van der Waals surface area contributed by atoms with E-state index in [1.165, 1.54) is 0 Å². The van der Waals surface area contributed by atoms with Crippen molar-refractivity contribution in [1.82, 2.24) is 0 Å². The van der Waals surface area contributed by atoms with E-state index in [2.05, 4.69) is 5.73 Å². The van der Waals surface area contributed by atoms with E-state index in [1.807, 2.05) is 0 Å². The van der Waals surface area contributed by atoms with Gasteiger partial charge in [-0.05, 0) is 25.2 Å². The minimum absolute atomic E-state index is 0.0631. The zero-order valence-corrected chi connectivity index (χ0v) is 9.14. The van der Waals surface area contributed by atoms with Crippen LogP contribution in [0.1, 0.15) is 6.92 Å². The summed E-state index contributed by atoms with van der Waals surface area (Å²) in [7, 11) is 0. The molecular formula is C10H10Cl2O2. The maximum atomic E-state index is 8.80. The van der Waals surface area contributed by atoms with E-state index in [0.29, 0.717) is 15.8 Å². The second kappa shape index (κ2) is 5.28. The van der Waals surface area contributed by atoms with Crippen LogP contribution in [-0.4, -0.2) is 17.8 Å². The second-order valence-corrected chi connectivity index (χ2v) is 3.61. The molecular weight excluding hydrogens is 223 g/mol. The van der Waals surface area contributed by atoms with Crippen LogP contribution in [0.2, 0.25) is 0 Å². The van der Waals surface area contributed by atoms with E-state index in [0.717, 1.165) is 0 Å². The number of aliphatic hydroxyl groups excluding tert-OH is 1. The lowest BCUT2D eigenvalue weighted by atomic mass is 10.3. The van der Waals surface area contributed by atoms with Crippen molar-refractivity contribution in [2.75, 3.05) is 6.61 Å². The molecule has 0 aromatic heterocycles. The molecule has 0 aromatic rings. The Morgan fingerprint density at radius 1 is 1.57 bits per heavy atom. The molecule has 0 aromatic carbocycles. The summed E-state index contributed by atoms with van der Waals surface area (Å²) in [5, 5.41) is 9.62. The Hall–Kier alpha value is -0.660. The van der Waals surface area contributed by atoms with E-state index < -0.39 is 0 Å². The van der Waals surface area contributed by atoms with Gasteiger partial charge in [-0.2, -0.15) is 0 Å². The van der Waals surface area contributed by atoms with Crippen LogP contribution in [0.15, 0.2) is 39.8 Å². The van der Waals surface area contributed by atoms with Gasteiger partial charge in [-0.1, -0.05) is 23.2 Å². The van der Waals surface area contributed by atoms with Crippen LogP contribution in [0.4, 0.5) is 0 Å². The summed E-state index contributed by atoms with van der Waals surface area (Å²) in [6.07, 6.45) is 4.52. The van der Waals surface area contributed by atoms with Crippen LogP contribution in [0.5, 0.6) is 0 Å². The molecule has 0 aliphatic heterocycles. The van der Waals surface area contributed by atoms with Gasteiger partial charge >= 0.3 is 0 Å². The Kier molecular flexibility index (Phi) is 4.30. The number of rotatable bonds is 3. The molecule has 0 saturated heterocycles. The lowest BCUT2D eigenvalue weighted by molar-refractivity contribution is 0.0777. The second-order valence-electron chi connectivity index (χ2n) is 2.79. The molecule has 1 N–H and O–H groups in total. The normalized spacial score (nSPS) is 17.9. The zero-order chi connectivity index (χ0) is 10.6. The van der Waals surface area contributed by atoms with Gasteiger partial charge in [-0.25, -0.2) is 0 Å². The van der Waals surface area contributed by atoms with Gasteiger partial charge < -0.3 is 9.84 Å². The first-order valence-corrected chi connectivity index (χ1v) is 4.86. The van der Waals surface area contributed by atoms with Crippen molar-refractivity contribution in [2.24, 2.45) is 0 Å². The van der Waals surface area contributed by atoms with Crippen molar-refractivity contribution in [3.05, 3.63) is 39.8 Å². The first kappa shape index (κ1) is 11.4. The maximum Gasteiger partial charge on any atom is 0.139 e. The molecule has 1 unspecified atom stereocenters. The van der Waals surface area contributed by atoms with Crippen molar-refractivity contribution >= 4 is 23.2 Å². The highest BCUT2D eigenvalue weighted by Crippen LogP contribution is 2.22. The van der Waals surface area contributed by atoms with Crippen molar-refractivity contribution in [2.45, 2.75) is 13.0 Å². The summed E-state index contributed by atoms with van der Waals surface area (Å²) in [6, 6.07) is 0. The van der Waals surface area contributed by atoms with Gasteiger partial charge in [0.05, 0.1) is 16.7 Å². The first-order valence-electron chi connectivity index (χ1n) is 4.11. The third-order valence-electron chi connectivity index (χ3n) is 1.53. The standard InChI is InChI=1S/C10H10Cl2O2/c1-7(6-13)14-10-4-2-3-8(11)5-9(10)12/h2,4-5,7,13H,6H2,1H3. The maximum absolute atomic E-state index is 8.80. The lowest BCUT2D eigenvalue weighted by Gasteiger charge is -2.13. The Morgan fingerprint density at radius 2 is 2.29 bits per heavy atom. The first-order chi connectivity index (χ1) is 6.63. The fourth-order valence-corrected chi connectivity index (χ4v) is 1.29. The van der Waals surface area contributed by atoms with Crippen molar-refractivity contribution in [3.63, 3.8) is 0 Å². The monoisotopic (exact) mass is 232 g/mol. The van der Waals surface area contributed by atoms with Crippen molar-refractivity contribution in [1.29, 1.82) is 0 Å². The van der Waals surface area contributed by atoms with Gasteiger partial charge in [0.1, 0.15) is 11.9 Å². The molecule has 0 fully saturated rings. The third kappa shape index (κ3) is 3.24. The number of halogens is 2. The lowest BCUT2D eigenvalue weighted by Crippen LogP contribution is -2.12. The average Bonchev–Trinajstić information content (AvgIpc) is 2.29. The zero-order valence-electron chi connectivity index (χ0n) is 7.63. The molecule has 0 radical (unpaired) electrons. The third-order valence-corrected chi connectivity index (χ3v) is 2.04. The number of hydrogen-bond acceptors (Lipinski definition) is 2. The highest BCUT2D eigenvalue weighted by Gasteiger charge is 2.09. The molecule has 76 valence electrons. The van der Waals surface area contributed by atoms with Gasteiger partial charge in [0.15, 0.2) is 0 Å². The van der Waals surface area contributed by atoms with E-state index in [1.54, 1.807) is 25.2 Å². The molecule has 1 aliphatic rings. The summed E-state index contributed by atoms with van der Waals surface area (Å²) in [5.41, 5.74) is 2.77. The van der Waals surface area contributed by atoms with Crippen LogP contribution < -0.4 is 0 Å². The molecule has 0 bridgehead atoms. The van der Waals surface area contributed by atoms with E-state index in [9.17, 15) is 0 Å². The molecule has 4 heteroatoms. The molecule has 1 rings (SSSR count). The Labute approximate surface area is 92.8 Å². The predicted molar refractivity (Wildman–Crippen MR) is 57.1 cm³/mol. The molecule has 0 amide bonds. The quantitative estimate of drug-likeness (QED) is 0.759. The van der Waals surface area contributed by atoms with Crippen LogP contribution in [0, 0.1) is 0 Å². The highest BCUT2D eigenvalue weighted by atomic mass is 35.5. The number of aliphatic hydroxyl groups is 1. The number of ether oxygens (including phenoxy) is 1. The molecule has 1 atom stereocenters. The van der Waals surface area contributed by atoms with Gasteiger partial charge in [0.2, 0.25) is 0 Å². The average molecular weight is 233 g/mol. The van der Waals surface area contributed by atoms with E-state index in [4.69, 9.17) is 33.0 Å². The molecule has 1 aliphatic carbocycles. The largest absolute Gasteiger partial charge is 0.487 e. The van der Waals surface area contributed by atoms with Crippen LogP contribution >= 0.6 is 23.2 Å². The predicted octanol–water partition coefficient (Wildman–Crippen LogP) is 2.68. The molecule has 0 spiro atoms. The number of hydrogen-bond donors (Lipinski definition) is 1. The van der Waals surface area contributed by atoms with E-state index in [-0.39, 0.29) is 12.7 Å². The fourth-order valence-electron chi connectivity index (χ4n) is 0.850. The summed E-state index contributed by atoms with van der Waals surface area (Å²) in [6.45, 7) is 1.68. The van der Waals surface area contributed by atoms with Gasteiger partial charge in [-0.3, -0.25) is 0 Å². The summed E-state index contributed by atoms with van der Waals surface area (Å²) >= 11 is 11.6. The van der Waals surface area contributed by atoms with E-state index >= 15 is 0 Å². The molecule has 2 nitrogen and oxygen atoms in total. The Balaban J connectivity index is 2.78. The summed E-state index contributed by atoms with van der Waals surface area (Å²) < 4.78 is 5.35. The summed E-state index contributed by atoms with van der Waals surface area (Å²) in [5.74, 6) is 0.483. The van der Waals surface area contributed by atoms with Crippen LogP contribution in [-0.2, 0) is 4.74 Å². The fraction of sp³-hybridized carbons (Fsp3) is 0.300. The van der Waals surface area contributed by atoms with Gasteiger partial charge in [-0.15, -0.1) is 5.73 Å². The van der Waals surface area contributed by atoms with Crippen LogP contribution in [0.3, 0.4) is 0 Å². The van der Waals surface area contributed by atoms with Crippen molar-refractivity contribution in [3.8, 4) is 0 Å². The molecule has 0 saturated carbocycles. The minimum atomic E-state index is -0.298.